The molecule has 0 bridgehead atoms. The molecule has 0 saturated heterocycles. The average Bonchev–Trinajstić information content (AvgIpc) is 2.78. The first-order valence-electron chi connectivity index (χ1n) is 8.09. The molecule has 0 radical (unpaired) electrons. The highest BCUT2D eigenvalue weighted by atomic mass is 16.6. The lowest BCUT2D eigenvalue weighted by Gasteiger charge is -2.19. The van der Waals surface area contributed by atoms with Crippen LogP contribution in [0, 0.1) is 19.3 Å². The van der Waals surface area contributed by atoms with Crippen LogP contribution in [0.4, 0.5) is 0 Å². The van der Waals surface area contributed by atoms with Crippen molar-refractivity contribution in [1.82, 2.24) is 4.98 Å². The second kappa shape index (κ2) is 5.66. The van der Waals surface area contributed by atoms with E-state index < -0.39 is 5.60 Å². The third-order valence-corrected chi connectivity index (χ3v) is 4.43. The van der Waals surface area contributed by atoms with Gasteiger partial charge in [-0.2, -0.15) is 0 Å². The summed E-state index contributed by atoms with van der Waals surface area (Å²) in [5, 5.41) is 0. The van der Waals surface area contributed by atoms with Gasteiger partial charge in [0.15, 0.2) is 0 Å². The van der Waals surface area contributed by atoms with E-state index in [2.05, 4.69) is 36.8 Å². The number of aromatic nitrogens is 1. The Kier molecular flexibility index (Phi) is 4.31. The van der Waals surface area contributed by atoms with Crippen molar-refractivity contribution in [1.29, 1.82) is 0 Å². The smallest absolute Gasteiger partial charge is 0.355 e. The van der Waals surface area contributed by atoms with Crippen molar-refractivity contribution < 1.29 is 9.53 Å². The molecule has 126 valence electrons. The zero-order valence-electron chi connectivity index (χ0n) is 15.5. The zero-order valence-corrected chi connectivity index (χ0v) is 15.5. The SMILES string of the molecule is CC1=N/C(=C\c2[nH]c(C(=O)OC(C)(C)C)c(C)c2C)CC1(C)C. The number of carbonyl (C=O) groups is 1. The number of hydrogen-bond donors (Lipinski definition) is 1. The molecule has 1 aromatic heterocycles. The Balaban J connectivity index is 2.33. The summed E-state index contributed by atoms with van der Waals surface area (Å²) in [6.07, 6.45) is 2.96. The molecule has 2 heterocycles. The summed E-state index contributed by atoms with van der Waals surface area (Å²) in [5.74, 6) is -0.311. The topological polar surface area (TPSA) is 54.5 Å². The molecule has 1 N–H and O–H groups in total. The molecule has 0 aromatic carbocycles. The van der Waals surface area contributed by atoms with E-state index in [1.54, 1.807) is 0 Å². The van der Waals surface area contributed by atoms with Gasteiger partial charge in [-0.3, -0.25) is 4.99 Å². The molecule has 1 aliphatic heterocycles. The summed E-state index contributed by atoms with van der Waals surface area (Å²) in [5.41, 5.74) is 5.27. The first kappa shape index (κ1) is 17.5. The molecule has 0 fully saturated rings. The van der Waals surface area contributed by atoms with Crippen molar-refractivity contribution >= 4 is 17.8 Å². The molecule has 0 amide bonds. The van der Waals surface area contributed by atoms with Crippen LogP contribution in [0.25, 0.3) is 6.08 Å². The third-order valence-electron chi connectivity index (χ3n) is 4.43. The number of H-pyrrole nitrogens is 1. The van der Waals surface area contributed by atoms with Gasteiger partial charge in [-0.25, -0.2) is 4.79 Å². The number of ether oxygens (including phenoxy) is 1. The van der Waals surface area contributed by atoms with E-state index in [0.29, 0.717) is 5.69 Å². The maximum Gasteiger partial charge on any atom is 0.355 e. The van der Waals surface area contributed by atoms with E-state index in [4.69, 9.17) is 4.74 Å². The van der Waals surface area contributed by atoms with E-state index in [-0.39, 0.29) is 11.4 Å². The molecule has 0 unspecified atom stereocenters. The number of nitrogens with zero attached hydrogens (tertiary/aromatic N) is 1. The largest absolute Gasteiger partial charge is 0.455 e. The highest BCUT2D eigenvalue weighted by Gasteiger charge is 2.29. The summed E-state index contributed by atoms with van der Waals surface area (Å²) in [6.45, 7) is 16.0. The normalized spacial score (nSPS) is 19.1. The van der Waals surface area contributed by atoms with Gasteiger partial charge >= 0.3 is 5.97 Å². The summed E-state index contributed by atoms with van der Waals surface area (Å²) >= 11 is 0. The van der Waals surface area contributed by atoms with Crippen molar-refractivity contribution in [3.05, 3.63) is 28.2 Å². The first-order valence-corrected chi connectivity index (χ1v) is 8.09. The standard InChI is InChI=1S/C19H28N2O2/c1-11-12(2)16(17(22)23-18(4,5)6)21-15(11)9-14-10-19(7,8)13(3)20-14/h9,21H,10H2,1-8H3/b14-9-. The summed E-state index contributed by atoms with van der Waals surface area (Å²) in [4.78, 5) is 20.2. The average molecular weight is 316 g/mol. The quantitative estimate of drug-likeness (QED) is 0.795. The number of allylic oxidation sites excluding steroid dienone is 1. The van der Waals surface area contributed by atoms with Gasteiger partial charge < -0.3 is 9.72 Å². The first-order chi connectivity index (χ1) is 10.4. The lowest BCUT2D eigenvalue weighted by molar-refractivity contribution is 0.00627. The fraction of sp³-hybridized carbons (Fsp3) is 0.579. The lowest BCUT2D eigenvalue weighted by atomic mass is 9.86. The van der Waals surface area contributed by atoms with Crippen LogP contribution < -0.4 is 0 Å². The number of hydrogen-bond acceptors (Lipinski definition) is 3. The minimum atomic E-state index is -0.502. The van der Waals surface area contributed by atoms with Crippen LogP contribution in [0.1, 0.15) is 75.3 Å². The van der Waals surface area contributed by atoms with Crippen LogP contribution in [0.2, 0.25) is 0 Å². The number of rotatable bonds is 2. The molecule has 0 saturated carbocycles. The van der Waals surface area contributed by atoms with Gasteiger partial charge in [0.2, 0.25) is 0 Å². The van der Waals surface area contributed by atoms with Gasteiger partial charge in [0.05, 0.1) is 0 Å². The second-order valence-electron chi connectivity index (χ2n) is 8.06. The summed E-state index contributed by atoms with van der Waals surface area (Å²) in [7, 11) is 0. The number of nitrogens with one attached hydrogen (secondary N) is 1. The van der Waals surface area contributed by atoms with Gasteiger partial charge in [-0.1, -0.05) is 13.8 Å². The predicted molar refractivity (Wildman–Crippen MR) is 94.9 cm³/mol. The van der Waals surface area contributed by atoms with Gasteiger partial charge in [0.1, 0.15) is 11.3 Å². The highest BCUT2D eigenvalue weighted by molar-refractivity contribution is 5.92. The Bertz CT molecular complexity index is 698. The lowest BCUT2D eigenvalue weighted by Crippen LogP contribution is -2.24. The van der Waals surface area contributed by atoms with Gasteiger partial charge in [0.25, 0.3) is 0 Å². The third kappa shape index (κ3) is 3.74. The van der Waals surface area contributed by atoms with Gasteiger partial charge in [-0.05, 0) is 58.7 Å². The molecule has 0 aliphatic carbocycles. The van der Waals surface area contributed by atoms with Crippen molar-refractivity contribution in [2.24, 2.45) is 10.4 Å². The van der Waals surface area contributed by atoms with E-state index in [0.717, 1.165) is 34.7 Å². The fourth-order valence-electron chi connectivity index (χ4n) is 2.63. The molecule has 1 aliphatic rings. The van der Waals surface area contributed by atoms with Crippen LogP contribution in [-0.4, -0.2) is 22.3 Å². The second-order valence-corrected chi connectivity index (χ2v) is 8.06. The van der Waals surface area contributed by atoms with E-state index in [9.17, 15) is 4.79 Å². The Morgan fingerprint density at radius 3 is 2.30 bits per heavy atom. The Morgan fingerprint density at radius 1 is 1.22 bits per heavy atom. The maximum absolute atomic E-state index is 12.3. The number of aromatic amines is 1. The Hall–Kier alpha value is -1.84. The molecule has 0 spiro atoms. The molecule has 2 rings (SSSR count). The Labute approximate surface area is 139 Å². The molecular weight excluding hydrogens is 288 g/mol. The number of esters is 1. The Morgan fingerprint density at radius 2 is 1.83 bits per heavy atom. The number of carbonyl (C=O) groups excluding carboxylic acids is 1. The van der Waals surface area contributed by atoms with E-state index >= 15 is 0 Å². The molecule has 0 atom stereocenters. The van der Waals surface area contributed by atoms with E-state index in [1.807, 2.05) is 34.6 Å². The van der Waals surface area contributed by atoms with Crippen molar-refractivity contribution in [3.8, 4) is 0 Å². The fourth-order valence-corrected chi connectivity index (χ4v) is 2.63. The van der Waals surface area contributed by atoms with Gasteiger partial charge in [-0.15, -0.1) is 0 Å². The maximum atomic E-state index is 12.3. The monoisotopic (exact) mass is 316 g/mol. The van der Waals surface area contributed by atoms with Crippen molar-refractivity contribution in [3.63, 3.8) is 0 Å². The van der Waals surface area contributed by atoms with Crippen LogP contribution >= 0.6 is 0 Å². The minimum absolute atomic E-state index is 0.107. The number of aliphatic imine (C=N–C) groups is 1. The highest BCUT2D eigenvalue weighted by Crippen LogP contribution is 2.36. The summed E-state index contributed by atoms with van der Waals surface area (Å²) < 4.78 is 5.47. The predicted octanol–water partition coefficient (Wildman–Crippen LogP) is 4.82. The van der Waals surface area contributed by atoms with Gasteiger partial charge in [0, 0.05) is 28.9 Å². The molecule has 4 nitrogen and oxygen atoms in total. The summed E-state index contributed by atoms with van der Waals surface area (Å²) in [6, 6.07) is 0. The van der Waals surface area contributed by atoms with Crippen LogP contribution in [0.5, 0.6) is 0 Å². The molecular formula is C19H28N2O2. The van der Waals surface area contributed by atoms with Crippen LogP contribution in [-0.2, 0) is 4.74 Å². The van der Waals surface area contributed by atoms with Crippen molar-refractivity contribution in [2.45, 2.75) is 67.4 Å². The minimum Gasteiger partial charge on any atom is -0.455 e. The van der Waals surface area contributed by atoms with Crippen molar-refractivity contribution in [2.75, 3.05) is 0 Å². The zero-order chi connectivity index (χ0) is 17.6. The molecule has 1 aromatic rings. The van der Waals surface area contributed by atoms with Crippen LogP contribution in [0.15, 0.2) is 10.7 Å². The molecule has 23 heavy (non-hydrogen) atoms. The van der Waals surface area contributed by atoms with Crippen LogP contribution in [0.3, 0.4) is 0 Å². The molecule has 4 heteroatoms. The van der Waals surface area contributed by atoms with E-state index in [1.165, 1.54) is 0 Å².